The zero-order valence-corrected chi connectivity index (χ0v) is 8.53. The van der Waals surface area contributed by atoms with Gasteiger partial charge in [0.25, 0.3) is 0 Å². The van der Waals surface area contributed by atoms with E-state index in [0.29, 0.717) is 0 Å². The van der Waals surface area contributed by atoms with Gasteiger partial charge >= 0.3 is 0 Å². The number of nitrogens with one attached hydrogen (secondary N) is 1. The first kappa shape index (κ1) is 10.7. The minimum atomic E-state index is 0.103. The molecular formula is C12H16N2. The van der Waals surface area contributed by atoms with E-state index in [1.165, 1.54) is 5.56 Å². The monoisotopic (exact) mass is 188 g/mol. The third-order valence-corrected chi connectivity index (χ3v) is 2.10. The highest BCUT2D eigenvalue weighted by molar-refractivity contribution is 5.14. The van der Waals surface area contributed by atoms with Gasteiger partial charge in [-0.2, -0.15) is 5.26 Å². The van der Waals surface area contributed by atoms with Crippen LogP contribution in [0.5, 0.6) is 0 Å². The van der Waals surface area contributed by atoms with E-state index in [-0.39, 0.29) is 5.92 Å². The van der Waals surface area contributed by atoms with E-state index in [2.05, 4.69) is 23.5 Å². The third-order valence-electron chi connectivity index (χ3n) is 2.10. The van der Waals surface area contributed by atoms with Crippen molar-refractivity contribution in [3.8, 4) is 6.07 Å². The summed E-state index contributed by atoms with van der Waals surface area (Å²) in [6, 6.07) is 12.6. The lowest BCUT2D eigenvalue weighted by Crippen LogP contribution is -2.22. The molecule has 0 amide bonds. The molecule has 0 fully saturated rings. The maximum absolute atomic E-state index is 8.56. The van der Waals surface area contributed by atoms with Crippen molar-refractivity contribution in [3.05, 3.63) is 35.9 Å². The summed E-state index contributed by atoms with van der Waals surface area (Å²) in [6.45, 7) is 3.65. The predicted octanol–water partition coefficient (Wildman–Crippen LogP) is 1.98. The summed E-state index contributed by atoms with van der Waals surface area (Å²) in [5, 5.41) is 11.8. The average molecular weight is 188 g/mol. The number of benzene rings is 1. The Hall–Kier alpha value is -1.33. The molecule has 74 valence electrons. The van der Waals surface area contributed by atoms with E-state index >= 15 is 0 Å². The van der Waals surface area contributed by atoms with E-state index in [1.54, 1.807) is 0 Å². The summed E-state index contributed by atoms with van der Waals surface area (Å²) in [4.78, 5) is 0. The second kappa shape index (κ2) is 6.17. The van der Waals surface area contributed by atoms with Gasteiger partial charge in [-0.3, -0.25) is 0 Å². The fraction of sp³-hybridized carbons (Fsp3) is 0.417. The smallest absolute Gasteiger partial charge is 0.0666 e. The Balaban J connectivity index is 2.14. The summed E-state index contributed by atoms with van der Waals surface area (Å²) in [6.07, 6.45) is 1.03. The van der Waals surface area contributed by atoms with Crippen molar-refractivity contribution in [1.82, 2.24) is 5.32 Å². The Kier molecular flexibility index (Phi) is 4.74. The lowest BCUT2D eigenvalue weighted by Gasteiger charge is -2.05. The van der Waals surface area contributed by atoms with Crippen molar-refractivity contribution in [2.24, 2.45) is 5.92 Å². The normalized spacial score (nSPS) is 12.0. The number of rotatable bonds is 5. The van der Waals surface area contributed by atoms with Crippen molar-refractivity contribution in [3.63, 3.8) is 0 Å². The molecule has 1 rings (SSSR count). The summed E-state index contributed by atoms with van der Waals surface area (Å²) in [5.74, 6) is 0.103. The van der Waals surface area contributed by atoms with E-state index < -0.39 is 0 Å². The summed E-state index contributed by atoms with van der Waals surface area (Å²) in [5.41, 5.74) is 1.34. The van der Waals surface area contributed by atoms with Gasteiger partial charge in [-0.1, -0.05) is 30.3 Å². The molecule has 0 spiro atoms. The Morgan fingerprint density at radius 2 is 2.07 bits per heavy atom. The number of nitrogens with zero attached hydrogens (tertiary/aromatic N) is 1. The molecule has 2 heteroatoms. The summed E-state index contributed by atoms with van der Waals surface area (Å²) >= 11 is 0. The zero-order chi connectivity index (χ0) is 10.2. The topological polar surface area (TPSA) is 35.8 Å². The fourth-order valence-electron chi connectivity index (χ4n) is 1.24. The predicted molar refractivity (Wildman–Crippen MR) is 57.8 cm³/mol. The van der Waals surface area contributed by atoms with Crippen molar-refractivity contribution in [2.45, 2.75) is 13.3 Å². The van der Waals surface area contributed by atoms with Gasteiger partial charge in [-0.15, -0.1) is 0 Å². The Labute approximate surface area is 85.6 Å². The van der Waals surface area contributed by atoms with Crippen LogP contribution in [0.2, 0.25) is 0 Å². The summed E-state index contributed by atoms with van der Waals surface area (Å²) < 4.78 is 0. The van der Waals surface area contributed by atoms with E-state index in [4.69, 9.17) is 5.26 Å². The lowest BCUT2D eigenvalue weighted by molar-refractivity contribution is 0.602. The molecule has 1 unspecified atom stereocenters. The van der Waals surface area contributed by atoms with Gasteiger partial charge in [0.2, 0.25) is 0 Å². The van der Waals surface area contributed by atoms with Crippen LogP contribution in [0.25, 0.3) is 0 Å². The molecule has 0 radical (unpaired) electrons. The van der Waals surface area contributed by atoms with Gasteiger partial charge < -0.3 is 5.32 Å². The van der Waals surface area contributed by atoms with Crippen LogP contribution >= 0.6 is 0 Å². The largest absolute Gasteiger partial charge is 0.315 e. The van der Waals surface area contributed by atoms with Gasteiger partial charge in [-0.25, -0.2) is 0 Å². The van der Waals surface area contributed by atoms with Crippen LogP contribution in [0.3, 0.4) is 0 Å². The van der Waals surface area contributed by atoms with Crippen molar-refractivity contribution < 1.29 is 0 Å². The van der Waals surface area contributed by atoms with Crippen LogP contribution in [-0.2, 0) is 6.42 Å². The average Bonchev–Trinajstić information content (AvgIpc) is 2.25. The molecule has 2 nitrogen and oxygen atoms in total. The van der Waals surface area contributed by atoms with Crippen LogP contribution in [0, 0.1) is 17.2 Å². The van der Waals surface area contributed by atoms with E-state index in [1.807, 2.05) is 25.1 Å². The van der Waals surface area contributed by atoms with Crippen molar-refractivity contribution >= 4 is 0 Å². The van der Waals surface area contributed by atoms with Gasteiger partial charge in [0.15, 0.2) is 0 Å². The standard InChI is InChI=1S/C12H16N2/c1-11(9-13)10-14-8-7-12-5-3-2-4-6-12/h2-6,11,14H,7-8,10H2,1H3. The molecule has 0 heterocycles. The van der Waals surface area contributed by atoms with Crippen LogP contribution in [-0.4, -0.2) is 13.1 Å². The zero-order valence-electron chi connectivity index (χ0n) is 8.53. The highest BCUT2D eigenvalue weighted by Gasteiger charge is 1.97. The Morgan fingerprint density at radius 3 is 2.71 bits per heavy atom. The van der Waals surface area contributed by atoms with E-state index in [0.717, 1.165) is 19.5 Å². The number of hydrogen-bond acceptors (Lipinski definition) is 2. The van der Waals surface area contributed by atoms with Gasteiger partial charge in [0.05, 0.1) is 12.0 Å². The second-order valence-corrected chi connectivity index (χ2v) is 3.47. The molecule has 1 N–H and O–H groups in total. The molecular weight excluding hydrogens is 172 g/mol. The van der Waals surface area contributed by atoms with Crippen LogP contribution < -0.4 is 5.32 Å². The Morgan fingerprint density at radius 1 is 1.36 bits per heavy atom. The molecule has 14 heavy (non-hydrogen) atoms. The van der Waals surface area contributed by atoms with Gasteiger partial charge in [0.1, 0.15) is 0 Å². The molecule has 0 aliphatic rings. The minimum absolute atomic E-state index is 0.103. The second-order valence-electron chi connectivity index (χ2n) is 3.47. The van der Waals surface area contributed by atoms with E-state index in [9.17, 15) is 0 Å². The minimum Gasteiger partial charge on any atom is -0.315 e. The first-order chi connectivity index (χ1) is 6.83. The maximum atomic E-state index is 8.56. The number of hydrogen-bond donors (Lipinski definition) is 1. The molecule has 0 saturated carbocycles. The third kappa shape index (κ3) is 4.06. The number of nitriles is 1. The van der Waals surface area contributed by atoms with Gasteiger partial charge in [-0.05, 0) is 25.5 Å². The first-order valence-electron chi connectivity index (χ1n) is 4.97. The highest BCUT2D eigenvalue weighted by atomic mass is 14.8. The molecule has 1 aromatic carbocycles. The summed E-state index contributed by atoms with van der Waals surface area (Å²) in [7, 11) is 0. The van der Waals surface area contributed by atoms with Crippen LogP contribution in [0.15, 0.2) is 30.3 Å². The molecule has 0 bridgehead atoms. The van der Waals surface area contributed by atoms with Crippen molar-refractivity contribution in [1.29, 1.82) is 5.26 Å². The van der Waals surface area contributed by atoms with Gasteiger partial charge in [0, 0.05) is 6.54 Å². The fourth-order valence-corrected chi connectivity index (χ4v) is 1.24. The van der Waals surface area contributed by atoms with Crippen LogP contribution in [0.1, 0.15) is 12.5 Å². The Bertz CT molecular complexity index is 287. The highest BCUT2D eigenvalue weighted by Crippen LogP contribution is 1.98. The lowest BCUT2D eigenvalue weighted by atomic mass is 10.1. The molecule has 0 saturated heterocycles. The molecule has 1 atom stereocenters. The molecule has 1 aromatic rings. The quantitative estimate of drug-likeness (QED) is 0.717. The van der Waals surface area contributed by atoms with Crippen LogP contribution in [0.4, 0.5) is 0 Å². The molecule has 0 aliphatic heterocycles. The molecule has 0 aliphatic carbocycles. The molecule has 0 aromatic heterocycles. The maximum Gasteiger partial charge on any atom is 0.0666 e. The first-order valence-corrected chi connectivity index (χ1v) is 4.97. The van der Waals surface area contributed by atoms with Crippen molar-refractivity contribution in [2.75, 3.05) is 13.1 Å². The SMILES string of the molecule is CC(C#N)CNCCc1ccccc1.